The van der Waals surface area contributed by atoms with Crippen LogP contribution in [0.3, 0.4) is 0 Å². The van der Waals surface area contributed by atoms with Crippen molar-refractivity contribution in [2.45, 2.75) is 19.9 Å². The molecule has 2 aromatic carbocycles. The van der Waals surface area contributed by atoms with Gasteiger partial charge in [0.15, 0.2) is 11.7 Å². The number of halogens is 1. The minimum Gasteiger partial charge on any atom is -0.459 e. The van der Waals surface area contributed by atoms with Crippen LogP contribution in [0.2, 0.25) is 0 Å². The fraction of sp³-hybridized carbons (Fsp3) is 0.200. The fourth-order valence-corrected chi connectivity index (χ4v) is 3.51. The third-order valence-corrected chi connectivity index (χ3v) is 5.06. The number of carbonyl (C=O) groups excluding carboxylic acids is 1. The summed E-state index contributed by atoms with van der Waals surface area (Å²) in [6, 6.07) is 19.3. The molecule has 0 bridgehead atoms. The Bertz CT molecular complexity index is 1200. The zero-order valence-corrected chi connectivity index (χ0v) is 20.8. The Hall–Kier alpha value is -3.27. The van der Waals surface area contributed by atoms with Crippen LogP contribution < -0.4 is 16.0 Å². The molecule has 0 aliphatic heterocycles. The van der Waals surface area contributed by atoms with E-state index in [1.807, 2.05) is 37.3 Å². The van der Waals surface area contributed by atoms with Crippen LogP contribution in [-0.2, 0) is 13.0 Å². The molecule has 33 heavy (non-hydrogen) atoms. The molecular formula is C25H28IN5O2. The smallest absolute Gasteiger partial charge is 0.291 e. The molecule has 4 aromatic rings. The molecule has 0 spiro atoms. The molecular weight excluding hydrogens is 529 g/mol. The van der Waals surface area contributed by atoms with Crippen molar-refractivity contribution in [3.05, 3.63) is 90.0 Å². The summed E-state index contributed by atoms with van der Waals surface area (Å²) in [7, 11) is 0. The lowest BCUT2D eigenvalue weighted by Crippen LogP contribution is -2.38. The summed E-state index contributed by atoms with van der Waals surface area (Å²) in [6.45, 7) is 4.08. The number of carbonyl (C=O) groups is 1. The molecule has 1 amide bonds. The third kappa shape index (κ3) is 6.61. The number of aromatic amines is 1. The van der Waals surface area contributed by atoms with Crippen LogP contribution in [0.1, 0.15) is 28.6 Å². The maximum atomic E-state index is 12.2. The van der Waals surface area contributed by atoms with Crippen LogP contribution in [-0.4, -0.2) is 29.9 Å². The number of aromatic nitrogens is 1. The quantitative estimate of drug-likeness (QED) is 0.141. The summed E-state index contributed by atoms with van der Waals surface area (Å²) >= 11 is 0. The number of rotatable bonds is 8. The lowest BCUT2D eigenvalue weighted by atomic mass is 10.1. The number of hydrogen-bond acceptors (Lipinski definition) is 3. The average Bonchev–Trinajstić information content (AvgIpc) is 3.48. The van der Waals surface area contributed by atoms with E-state index in [2.05, 4.69) is 45.3 Å². The molecule has 0 atom stereocenters. The van der Waals surface area contributed by atoms with E-state index in [9.17, 15) is 4.79 Å². The topological polar surface area (TPSA) is 94.4 Å². The first-order valence-corrected chi connectivity index (χ1v) is 10.7. The van der Waals surface area contributed by atoms with E-state index < -0.39 is 0 Å². The summed E-state index contributed by atoms with van der Waals surface area (Å²) < 4.78 is 5.14. The second-order valence-corrected chi connectivity index (χ2v) is 7.36. The van der Waals surface area contributed by atoms with Gasteiger partial charge in [-0.1, -0.05) is 30.3 Å². The SMILES string of the molecule is CCNC(=NCc1cccc(NC(=O)c2ccco2)c1)NCCc1c[nH]c2ccccc12.I. The maximum absolute atomic E-state index is 12.2. The number of amides is 1. The molecule has 2 aromatic heterocycles. The van der Waals surface area contributed by atoms with Crippen LogP contribution in [0.15, 0.2) is 82.5 Å². The number of nitrogens with zero attached hydrogens (tertiary/aromatic N) is 1. The van der Waals surface area contributed by atoms with Crippen LogP contribution in [0.25, 0.3) is 10.9 Å². The summed E-state index contributed by atoms with van der Waals surface area (Å²) in [4.78, 5) is 20.2. The van der Waals surface area contributed by atoms with Crippen molar-refractivity contribution in [1.29, 1.82) is 0 Å². The number of benzene rings is 2. The zero-order chi connectivity index (χ0) is 22.2. The second-order valence-electron chi connectivity index (χ2n) is 7.36. The van der Waals surface area contributed by atoms with Gasteiger partial charge in [0.05, 0.1) is 12.8 Å². The Balaban J connectivity index is 0.00000306. The van der Waals surface area contributed by atoms with E-state index in [0.717, 1.165) is 36.6 Å². The van der Waals surface area contributed by atoms with Crippen LogP contribution in [0, 0.1) is 0 Å². The lowest BCUT2D eigenvalue weighted by Gasteiger charge is -2.11. The first-order chi connectivity index (χ1) is 15.7. The Morgan fingerprint density at radius 1 is 1.06 bits per heavy atom. The van der Waals surface area contributed by atoms with Gasteiger partial charge in [0.2, 0.25) is 0 Å². The van der Waals surface area contributed by atoms with E-state index >= 15 is 0 Å². The Morgan fingerprint density at radius 3 is 2.76 bits per heavy atom. The van der Waals surface area contributed by atoms with Crippen LogP contribution in [0.5, 0.6) is 0 Å². The molecule has 0 aliphatic rings. The van der Waals surface area contributed by atoms with E-state index in [0.29, 0.717) is 12.2 Å². The van der Waals surface area contributed by atoms with Crippen molar-refractivity contribution in [3.8, 4) is 0 Å². The summed E-state index contributed by atoms with van der Waals surface area (Å²) in [5, 5.41) is 10.8. The van der Waals surface area contributed by atoms with Crippen molar-refractivity contribution in [2.24, 2.45) is 4.99 Å². The molecule has 172 valence electrons. The molecule has 0 saturated heterocycles. The standard InChI is InChI=1S/C25H27N5O2.HI/c1-2-26-25(27-13-12-19-17-28-22-10-4-3-9-21(19)22)29-16-18-7-5-8-20(15-18)30-24(31)23-11-6-14-32-23;/h3-11,14-15,17,28H,2,12-13,16H2,1H3,(H,30,31)(H2,26,27,29);1H. The Kier molecular flexibility index (Phi) is 8.94. The van der Waals surface area contributed by atoms with Crippen molar-refractivity contribution in [1.82, 2.24) is 15.6 Å². The first-order valence-electron chi connectivity index (χ1n) is 10.7. The summed E-state index contributed by atoms with van der Waals surface area (Å²) in [5.74, 6) is 0.766. The number of H-pyrrole nitrogens is 1. The number of anilines is 1. The fourth-order valence-electron chi connectivity index (χ4n) is 3.51. The minimum atomic E-state index is -0.275. The van der Waals surface area contributed by atoms with Gasteiger partial charge < -0.3 is 25.4 Å². The maximum Gasteiger partial charge on any atom is 0.291 e. The summed E-state index contributed by atoms with van der Waals surface area (Å²) in [6.07, 6.45) is 4.44. The highest BCUT2D eigenvalue weighted by molar-refractivity contribution is 14.0. The zero-order valence-electron chi connectivity index (χ0n) is 18.4. The predicted octanol–water partition coefficient (Wildman–Crippen LogP) is 4.93. The highest BCUT2D eigenvalue weighted by Crippen LogP contribution is 2.17. The van der Waals surface area contributed by atoms with Gasteiger partial charge in [0.1, 0.15) is 0 Å². The number of fused-ring (bicyclic) bond motifs is 1. The molecule has 0 saturated carbocycles. The van der Waals surface area contributed by atoms with Crippen molar-refractivity contribution in [3.63, 3.8) is 0 Å². The number of furan rings is 1. The van der Waals surface area contributed by atoms with Gasteiger partial charge >= 0.3 is 0 Å². The Morgan fingerprint density at radius 2 is 1.94 bits per heavy atom. The van der Waals surface area contributed by atoms with Gasteiger partial charge in [0.25, 0.3) is 5.91 Å². The van der Waals surface area contributed by atoms with Crippen molar-refractivity contribution >= 4 is 52.4 Å². The van der Waals surface area contributed by atoms with E-state index in [-0.39, 0.29) is 35.6 Å². The Labute approximate surface area is 210 Å². The predicted molar refractivity (Wildman–Crippen MR) is 143 cm³/mol. The molecule has 0 radical (unpaired) electrons. The molecule has 8 heteroatoms. The highest BCUT2D eigenvalue weighted by Gasteiger charge is 2.09. The molecule has 4 rings (SSSR count). The number of guanidine groups is 1. The normalized spacial score (nSPS) is 11.1. The first kappa shape index (κ1) is 24.4. The molecule has 7 nitrogen and oxygen atoms in total. The largest absolute Gasteiger partial charge is 0.459 e. The summed E-state index contributed by atoms with van der Waals surface area (Å²) in [5.41, 5.74) is 4.14. The number of para-hydroxylation sites is 1. The minimum absolute atomic E-state index is 0. The highest BCUT2D eigenvalue weighted by atomic mass is 127. The van der Waals surface area contributed by atoms with Gasteiger partial charge in [-0.2, -0.15) is 0 Å². The van der Waals surface area contributed by atoms with Crippen LogP contribution >= 0.6 is 24.0 Å². The van der Waals surface area contributed by atoms with Gasteiger partial charge in [-0.15, -0.1) is 24.0 Å². The van der Waals surface area contributed by atoms with Crippen molar-refractivity contribution in [2.75, 3.05) is 18.4 Å². The molecule has 0 fully saturated rings. The lowest BCUT2D eigenvalue weighted by molar-refractivity contribution is 0.0996. The van der Waals surface area contributed by atoms with Gasteiger partial charge in [-0.25, -0.2) is 4.99 Å². The second kappa shape index (κ2) is 12.1. The molecule has 2 heterocycles. The van der Waals surface area contributed by atoms with Crippen molar-refractivity contribution < 1.29 is 9.21 Å². The molecule has 0 unspecified atom stereocenters. The van der Waals surface area contributed by atoms with E-state index in [1.54, 1.807) is 12.1 Å². The van der Waals surface area contributed by atoms with E-state index in [4.69, 9.17) is 9.41 Å². The van der Waals surface area contributed by atoms with Gasteiger partial charge in [-0.3, -0.25) is 4.79 Å². The van der Waals surface area contributed by atoms with Crippen LogP contribution in [0.4, 0.5) is 5.69 Å². The van der Waals surface area contributed by atoms with Gasteiger partial charge in [-0.05, 0) is 54.8 Å². The van der Waals surface area contributed by atoms with Gasteiger partial charge in [0, 0.05) is 35.9 Å². The monoisotopic (exact) mass is 557 g/mol. The van der Waals surface area contributed by atoms with E-state index in [1.165, 1.54) is 17.2 Å². The number of nitrogens with one attached hydrogen (secondary N) is 4. The number of hydrogen-bond donors (Lipinski definition) is 4. The average molecular weight is 557 g/mol. The molecule has 0 aliphatic carbocycles. The third-order valence-electron chi connectivity index (χ3n) is 5.06. The number of aliphatic imine (C=N–C) groups is 1. The molecule has 4 N–H and O–H groups in total.